The molecule has 5 heteroatoms. The number of amides is 1. The van der Waals surface area contributed by atoms with Gasteiger partial charge < -0.3 is 11.1 Å². The molecule has 1 fully saturated rings. The number of nitrogens with two attached hydrogens (primary N) is 1. The minimum Gasteiger partial charge on any atom is -0.345 e. The average molecular weight is 282 g/mol. The van der Waals surface area contributed by atoms with Crippen molar-refractivity contribution in [3.8, 4) is 0 Å². The van der Waals surface area contributed by atoms with Gasteiger partial charge in [-0.15, -0.1) is 0 Å². The molecule has 0 spiro atoms. The smallest absolute Gasteiger partial charge is 0.257 e. The van der Waals surface area contributed by atoms with Crippen LogP contribution in [0.4, 0.5) is 8.78 Å². The Labute approximate surface area is 117 Å². The first-order valence-corrected chi connectivity index (χ1v) is 6.94. The zero-order chi connectivity index (χ0) is 14.8. The van der Waals surface area contributed by atoms with E-state index in [1.54, 1.807) is 0 Å². The SMILES string of the molecule is CC1CCC(CN)(NC(=O)c2c(F)cccc2F)CC1. The van der Waals surface area contributed by atoms with Crippen molar-refractivity contribution in [2.75, 3.05) is 6.54 Å². The Balaban J connectivity index is 2.18. The summed E-state index contributed by atoms with van der Waals surface area (Å²) in [5, 5.41) is 2.76. The van der Waals surface area contributed by atoms with Gasteiger partial charge in [-0.3, -0.25) is 4.79 Å². The number of carbonyl (C=O) groups is 1. The van der Waals surface area contributed by atoms with Crippen LogP contribution in [0.3, 0.4) is 0 Å². The Morgan fingerprint density at radius 3 is 2.40 bits per heavy atom. The normalized spacial score (nSPS) is 26.3. The fraction of sp³-hybridized carbons (Fsp3) is 0.533. The Morgan fingerprint density at radius 2 is 1.90 bits per heavy atom. The summed E-state index contributed by atoms with van der Waals surface area (Å²) in [5.74, 6) is -1.82. The lowest BCUT2D eigenvalue weighted by Crippen LogP contribution is -2.55. The lowest BCUT2D eigenvalue weighted by atomic mass is 9.77. The fourth-order valence-electron chi connectivity index (χ4n) is 2.71. The van der Waals surface area contributed by atoms with Crippen molar-refractivity contribution in [1.82, 2.24) is 5.32 Å². The molecule has 0 aromatic heterocycles. The molecular weight excluding hydrogens is 262 g/mol. The van der Waals surface area contributed by atoms with Crippen LogP contribution in [0.2, 0.25) is 0 Å². The number of nitrogens with one attached hydrogen (secondary N) is 1. The van der Waals surface area contributed by atoms with E-state index in [1.807, 2.05) is 0 Å². The number of halogens is 2. The van der Waals surface area contributed by atoms with Gasteiger partial charge in [0.15, 0.2) is 0 Å². The lowest BCUT2D eigenvalue weighted by Gasteiger charge is -2.39. The number of hydrogen-bond acceptors (Lipinski definition) is 2. The van der Waals surface area contributed by atoms with E-state index >= 15 is 0 Å². The van der Waals surface area contributed by atoms with E-state index < -0.39 is 28.6 Å². The second-order valence-electron chi connectivity index (χ2n) is 5.72. The van der Waals surface area contributed by atoms with Crippen LogP contribution in [0.5, 0.6) is 0 Å². The van der Waals surface area contributed by atoms with Gasteiger partial charge in [0.1, 0.15) is 17.2 Å². The van der Waals surface area contributed by atoms with Crippen molar-refractivity contribution < 1.29 is 13.6 Å². The van der Waals surface area contributed by atoms with Crippen molar-refractivity contribution in [2.45, 2.75) is 38.1 Å². The molecule has 0 saturated heterocycles. The number of rotatable bonds is 3. The highest BCUT2D eigenvalue weighted by atomic mass is 19.1. The Kier molecular flexibility index (Phi) is 4.38. The molecule has 1 aromatic carbocycles. The first-order chi connectivity index (χ1) is 9.47. The van der Waals surface area contributed by atoms with Gasteiger partial charge in [0.05, 0.1) is 5.54 Å². The van der Waals surface area contributed by atoms with Crippen LogP contribution in [0, 0.1) is 17.6 Å². The molecule has 1 amide bonds. The molecule has 1 saturated carbocycles. The molecule has 0 aliphatic heterocycles. The third-order valence-electron chi connectivity index (χ3n) is 4.19. The highest BCUT2D eigenvalue weighted by molar-refractivity contribution is 5.95. The third-order valence-corrected chi connectivity index (χ3v) is 4.19. The first-order valence-electron chi connectivity index (χ1n) is 6.94. The molecular formula is C15H20F2N2O. The van der Waals surface area contributed by atoms with Gasteiger partial charge in [-0.05, 0) is 43.7 Å². The first kappa shape index (κ1) is 14.9. The van der Waals surface area contributed by atoms with Gasteiger partial charge in [0.25, 0.3) is 5.91 Å². The molecule has 3 nitrogen and oxygen atoms in total. The second kappa shape index (κ2) is 5.87. The van der Waals surface area contributed by atoms with Gasteiger partial charge in [-0.25, -0.2) is 8.78 Å². The molecule has 110 valence electrons. The van der Waals surface area contributed by atoms with Gasteiger partial charge in [0.2, 0.25) is 0 Å². The summed E-state index contributed by atoms with van der Waals surface area (Å²) in [4.78, 5) is 12.2. The van der Waals surface area contributed by atoms with Crippen molar-refractivity contribution in [3.63, 3.8) is 0 Å². The van der Waals surface area contributed by atoms with Crippen molar-refractivity contribution in [1.29, 1.82) is 0 Å². The molecule has 1 aliphatic rings. The van der Waals surface area contributed by atoms with Crippen LogP contribution < -0.4 is 11.1 Å². The average Bonchev–Trinajstić information content (AvgIpc) is 2.41. The highest BCUT2D eigenvalue weighted by Gasteiger charge is 2.35. The highest BCUT2D eigenvalue weighted by Crippen LogP contribution is 2.31. The minimum absolute atomic E-state index is 0.279. The van der Waals surface area contributed by atoms with Gasteiger partial charge in [-0.1, -0.05) is 13.0 Å². The maximum absolute atomic E-state index is 13.6. The molecule has 1 aromatic rings. The Hall–Kier alpha value is -1.49. The number of carbonyl (C=O) groups excluding carboxylic acids is 1. The third kappa shape index (κ3) is 2.98. The van der Waals surface area contributed by atoms with Crippen LogP contribution in [0.1, 0.15) is 43.0 Å². The van der Waals surface area contributed by atoms with E-state index in [1.165, 1.54) is 6.07 Å². The number of benzene rings is 1. The standard InChI is InChI=1S/C15H20F2N2O/c1-10-5-7-15(9-18,8-6-10)19-14(20)13-11(16)3-2-4-12(13)17/h2-4,10H,5-9,18H2,1H3,(H,19,20). The summed E-state index contributed by atoms with van der Waals surface area (Å²) in [6, 6.07) is 3.40. The predicted molar refractivity (Wildman–Crippen MR) is 73.2 cm³/mol. The van der Waals surface area contributed by atoms with Crippen molar-refractivity contribution in [3.05, 3.63) is 35.4 Å². The zero-order valence-electron chi connectivity index (χ0n) is 11.6. The van der Waals surface area contributed by atoms with E-state index in [9.17, 15) is 13.6 Å². The summed E-state index contributed by atoms with van der Waals surface area (Å²) >= 11 is 0. The maximum atomic E-state index is 13.6. The molecule has 0 atom stereocenters. The topological polar surface area (TPSA) is 55.1 Å². The van der Waals surface area contributed by atoms with E-state index in [0.29, 0.717) is 5.92 Å². The lowest BCUT2D eigenvalue weighted by molar-refractivity contribution is 0.0851. The van der Waals surface area contributed by atoms with Crippen LogP contribution in [0.25, 0.3) is 0 Å². The van der Waals surface area contributed by atoms with Crippen molar-refractivity contribution in [2.24, 2.45) is 11.7 Å². The van der Waals surface area contributed by atoms with E-state index in [-0.39, 0.29) is 6.54 Å². The van der Waals surface area contributed by atoms with Crippen LogP contribution in [0.15, 0.2) is 18.2 Å². The molecule has 2 rings (SSSR count). The van der Waals surface area contributed by atoms with Crippen LogP contribution >= 0.6 is 0 Å². The van der Waals surface area contributed by atoms with Crippen LogP contribution in [-0.2, 0) is 0 Å². The predicted octanol–water partition coefficient (Wildman–Crippen LogP) is 2.60. The monoisotopic (exact) mass is 282 g/mol. The van der Waals surface area contributed by atoms with Crippen LogP contribution in [-0.4, -0.2) is 18.0 Å². The summed E-state index contributed by atoms with van der Waals surface area (Å²) in [6.07, 6.45) is 3.40. The molecule has 0 bridgehead atoms. The second-order valence-corrected chi connectivity index (χ2v) is 5.72. The van der Waals surface area contributed by atoms with Crippen molar-refractivity contribution >= 4 is 5.91 Å². The molecule has 0 radical (unpaired) electrons. The summed E-state index contributed by atoms with van der Waals surface area (Å²) < 4.78 is 27.2. The zero-order valence-corrected chi connectivity index (χ0v) is 11.6. The van der Waals surface area contributed by atoms with E-state index in [4.69, 9.17) is 5.73 Å². The number of hydrogen-bond donors (Lipinski definition) is 2. The fourth-order valence-corrected chi connectivity index (χ4v) is 2.71. The quantitative estimate of drug-likeness (QED) is 0.895. The summed E-state index contributed by atoms with van der Waals surface area (Å²) in [6.45, 7) is 2.43. The van der Waals surface area contributed by atoms with Gasteiger partial charge >= 0.3 is 0 Å². The van der Waals surface area contributed by atoms with E-state index in [2.05, 4.69) is 12.2 Å². The molecule has 0 heterocycles. The summed E-state index contributed by atoms with van der Waals surface area (Å²) in [5.41, 5.74) is 4.71. The maximum Gasteiger partial charge on any atom is 0.257 e. The van der Waals surface area contributed by atoms with Gasteiger partial charge in [0, 0.05) is 6.54 Å². The molecule has 0 unspecified atom stereocenters. The Bertz CT molecular complexity index is 476. The largest absolute Gasteiger partial charge is 0.345 e. The molecule has 1 aliphatic carbocycles. The summed E-state index contributed by atoms with van der Waals surface area (Å²) in [7, 11) is 0. The Morgan fingerprint density at radius 1 is 1.35 bits per heavy atom. The molecule has 20 heavy (non-hydrogen) atoms. The van der Waals surface area contributed by atoms with Gasteiger partial charge in [-0.2, -0.15) is 0 Å². The minimum atomic E-state index is -0.848. The van der Waals surface area contributed by atoms with E-state index in [0.717, 1.165) is 37.8 Å². The molecule has 3 N–H and O–H groups in total.